The van der Waals surface area contributed by atoms with Crippen LogP contribution in [0.15, 0.2) is 21.7 Å². The largest absolute Gasteiger partial charge is 0.336 e. The third-order valence-electron chi connectivity index (χ3n) is 5.81. The van der Waals surface area contributed by atoms with Crippen LogP contribution in [0.25, 0.3) is 0 Å². The third-order valence-corrected chi connectivity index (χ3v) is 9.08. The summed E-state index contributed by atoms with van der Waals surface area (Å²) in [6.45, 7) is 0.916. The van der Waals surface area contributed by atoms with Crippen LogP contribution >= 0.6 is 11.3 Å². The van der Waals surface area contributed by atoms with Gasteiger partial charge in [0.1, 0.15) is 4.21 Å². The van der Waals surface area contributed by atoms with E-state index >= 15 is 0 Å². The number of hydrogen-bond acceptors (Lipinski definition) is 4. The van der Waals surface area contributed by atoms with Crippen molar-refractivity contribution in [2.24, 2.45) is 5.92 Å². The van der Waals surface area contributed by atoms with Crippen LogP contribution in [-0.4, -0.2) is 48.7 Å². The monoisotopic (exact) mass is 382 g/mol. The van der Waals surface area contributed by atoms with Crippen LogP contribution in [0.2, 0.25) is 0 Å². The van der Waals surface area contributed by atoms with Gasteiger partial charge in [-0.3, -0.25) is 4.79 Å². The van der Waals surface area contributed by atoms with Gasteiger partial charge in [-0.2, -0.15) is 4.31 Å². The molecule has 1 aromatic heterocycles. The molecule has 0 spiro atoms. The van der Waals surface area contributed by atoms with Gasteiger partial charge in [0.2, 0.25) is 5.91 Å². The Morgan fingerprint density at radius 1 is 1.04 bits per heavy atom. The lowest BCUT2D eigenvalue weighted by Gasteiger charge is -2.36. The number of thiophene rings is 1. The number of piperidine rings is 1. The van der Waals surface area contributed by atoms with Crippen LogP contribution in [0.4, 0.5) is 0 Å². The SMILES string of the molecule is O=C(C1CCN(S(=O)(=O)c2cccs2)CC1)N(C1CCCC1)C1CC1. The third kappa shape index (κ3) is 3.51. The number of rotatable bonds is 5. The fraction of sp³-hybridized carbons (Fsp3) is 0.722. The van der Waals surface area contributed by atoms with Crippen molar-refractivity contribution in [1.29, 1.82) is 0 Å². The Labute approximate surface area is 154 Å². The molecule has 5 nitrogen and oxygen atoms in total. The summed E-state index contributed by atoms with van der Waals surface area (Å²) in [5.74, 6) is 0.290. The van der Waals surface area contributed by atoms with Crippen LogP contribution in [0.3, 0.4) is 0 Å². The van der Waals surface area contributed by atoms with Gasteiger partial charge in [0.25, 0.3) is 10.0 Å². The number of carbonyl (C=O) groups excluding carboxylic acids is 1. The zero-order chi connectivity index (χ0) is 17.4. The Morgan fingerprint density at radius 2 is 1.68 bits per heavy atom. The summed E-state index contributed by atoms with van der Waals surface area (Å²) in [4.78, 5) is 15.3. The van der Waals surface area contributed by atoms with Gasteiger partial charge in [-0.15, -0.1) is 11.3 Å². The smallest absolute Gasteiger partial charge is 0.252 e. The van der Waals surface area contributed by atoms with Gasteiger partial charge < -0.3 is 4.90 Å². The van der Waals surface area contributed by atoms with Gasteiger partial charge in [-0.05, 0) is 50.0 Å². The van der Waals surface area contributed by atoms with Crippen molar-refractivity contribution in [3.05, 3.63) is 17.5 Å². The van der Waals surface area contributed by atoms with E-state index in [1.54, 1.807) is 21.8 Å². The van der Waals surface area contributed by atoms with E-state index in [9.17, 15) is 13.2 Å². The summed E-state index contributed by atoms with van der Waals surface area (Å²) in [5.41, 5.74) is 0. The Kier molecular flexibility index (Phi) is 4.90. The maximum absolute atomic E-state index is 13.1. The van der Waals surface area contributed by atoms with Crippen molar-refractivity contribution >= 4 is 27.3 Å². The molecular formula is C18H26N2O3S2. The minimum Gasteiger partial charge on any atom is -0.336 e. The lowest BCUT2D eigenvalue weighted by molar-refractivity contribution is -0.139. The van der Waals surface area contributed by atoms with Crippen LogP contribution in [-0.2, 0) is 14.8 Å². The van der Waals surface area contributed by atoms with Crippen molar-refractivity contribution in [2.45, 2.75) is 67.7 Å². The lowest BCUT2D eigenvalue weighted by atomic mass is 9.95. The number of sulfonamides is 1. The molecule has 1 saturated heterocycles. The summed E-state index contributed by atoms with van der Waals surface area (Å²) in [7, 11) is -3.38. The average molecular weight is 383 g/mol. The maximum Gasteiger partial charge on any atom is 0.252 e. The molecule has 2 aliphatic carbocycles. The van der Waals surface area contributed by atoms with Crippen LogP contribution in [0, 0.1) is 5.92 Å². The minimum atomic E-state index is -3.38. The number of amides is 1. The highest BCUT2D eigenvalue weighted by atomic mass is 32.2. The Hall–Kier alpha value is -0.920. The number of carbonyl (C=O) groups is 1. The van der Waals surface area contributed by atoms with Crippen molar-refractivity contribution in [3.8, 4) is 0 Å². The van der Waals surface area contributed by atoms with E-state index in [1.807, 2.05) is 0 Å². The molecule has 3 fully saturated rings. The zero-order valence-corrected chi connectivity index (χ0v) is 16.1. The van der Waals surface area contributed by atoms with E-state index in [4.69, 9.17) is 0 Å². The standard InChI is InChI=1S/C18H26N2O3S2/c21-18(20(16-7-8-16)15-4-1-2-5-15)14-9-11-19(12-10-14)25(22,23)17-6-3-13-24-17/h3,6,13-16H,1-2,4-5,7-12H2. The molecule has 0 radical (unpaired) electrons. The van der Waals surface area contributed by atoms with E-state index in [0.29, 0.717) is 48.1 Å². The molecule has 0 N–H and O–H groups in total. The highest BCUT2D eigenvalue weighted by Gasteiger charge is 2.42. The van der Waals surface area contributed by atoms with Crippen molar-refractivity contribution in [1.82, 2.24) is 9.21 Å². The second-order valence-electron chi connectivity index (χ2n) is 7.53. The molecule has 2 heterocycles. The average Bonchev–Trinajstić information content (AvgIpc) is 3.07. The first-order chi connectivity index (χ1) is 12.1. The van der Waals surface area contributed by atoms with Gasteiger partial charge in [0.15, 0.2) is 0 Å². The van der Waals surface area contributed by atoms with Gasteiger partial charge in [0, 0.05) is 31.1 Å². The molecule has 3 aliphatic rings. The molecule has 7 heteroatoms. The van der Waals surface area contributed by atoms with Crippen molar-refractivity contribution in [2.75, 3.05) is 13.1 Å². The van der Waals surface area contributed by atoms with Gasteiger partial charge in [0.05, 0.1) is 0 Å². The first-order valence-electron chi connectivity index (χ1n) is 9.43. The molecule has 1 amide bonds. The topological polar surface area (TPSA) is 57.7 Å². The second kappa shape index (κ2) is 7.00. The maximum atomic E-state index is 13.1. The van der Waals surface area contributed by atoms with Gasteiger partial charge >= 0.3 is 0 Å². The highest BCUT2D eigenvalue weighted by Crippen LogP contribution is 2.37. The van der Waals surface area contributed by atoms with Gasteiger partial charge in [-0.1, -0.05) is 18.9 Å². The van der Waals surface area contributed by atoms with Gasteiger partial charge in [-0.25, -0.2) is 8.42 Å². The Morgan fingerprint density at radius 3 is 2.24 bits per heavy atom. The van der Waals surface area contributed by atoms with Crippen LogP contribution in [0.1, 0.15) is 51.4 Å². The summed E-state index contributed by atoms with van der Waals surface area (Å²) in [6.07, 6.45) is 8.36. The van der Waals surface area contributed by atoms with E-state index in [2.05, 4.69) is 4.90 Å². The molecule has 25 heavy (non-hydrogen) atoms. The first-order valence-corrected chi connectivity index (χ1v) is 11.7. The molecule has 1 aromatic rings. The Balaban J connectivity index is 1.40. The predicted molar refractivity (Wildman–Crippen MR) is 97.9 cm³/mol. The molecule has 138 valence electrons. The summed E-state index contributed by atoms with van der Waals surface area (Å²) in [6, 6.07) is 4.33. The minimum absolute atomic E-state index is 0.00372. The zero-order valence-electron chi connectivity index (χ0n) is 14.5. The lowest BCUT2D eigenvalue weighted by Crippen LogP contribution is -2.47. The van der Waals surface area contributed by atoms with Crippen LogP contribution < -0.4 is 0 Å². The van der Waals surface area contributed by atoms with E-state index in [1.165, 1.54) is 24.2 Å². The molecule has 4 rings (SSSR count). The number of nitrogens with zero attached hydrogens (tertiary/aromatic N) is 2. The fourth-order valence-electron chi connectivity index (χ4n) is 4.28. The molecule has 0 bridgehead atoms. The Bertz CT molecular complexity index is 699. The van der Waals surface area contributed by atoms with Crippen molar-refractivity contribution < 1.29 is 13.2 Å². The molecule has 1 aliphatic heterocycles. The van der Waals surface area contributed by atoms with Crippen molar-refractivity contribution in [3.63, 3.8) is 0 Å². The quantitative estimate of drug-likeness (QED) is 0.786. The molecular weight excluding hydrogens is 356 g/mol. The predicted octanol–water partition coefficient (Wildman–Crippen LogP) is 3.08. The molecule has 0 aromatic carbocycles. The second-order valence-corrected chi connectivity index (χ2v) is 10.6. The fourth-order valence-corrected chi connectivity index (χ4v) is 6.90. The van der Waals surface area contributed by atoms with E-state index in [-0.39, 0.29) is 5.92 Å². The number of hydrogen-bond donors (Lipinski definition) is 0. The normalized spacial score (nSPS) is 23.8. The summed E-state index contributed by atoms with van der Waals surface area (Å²) >= 11 is 1.26. The molecule has 2 saturated carbocycles. The summed E-state index contributed by atoms with van der Waals surface area (Å²) < 4.78 is 27.2. The van der Waals surface area contributed by atoms with E-state index in [0.717, 1.165) is 25.7 Å². The molecule has 0 atom stereocenters. The van der Waals surface area contributed by atoms with E-state index < -0.39 is 10.0 Å². The summed E-state index contributed by atoms with van der Waals surface area (Å²) in [5, 5.41) is 1.79. The van der Waals surface area contributed by atoms with Crippen LogP contribution in [0.5, 0.6) is 0 Å². The highest BCUT2D eigenvalue weighted by molar-refractivity contribution is 7.91. The first kappa shape index (κ1) is 17.5. The molecule has 0 unspecified atom stereocenters.